The van der Waals surface area contributed by atoms with Crippen LogP contribution >= 0.6 is 0 Å². The number of carbonyl (C=O) groups excluding carboxylic acids is 1. The number of sulfonamides is 1. The molecule has 5 heteroatoms. The van der Waals surface area contributed by atoms with Crippen molar-refractivity contribution in [2.45, 2.75) is 31.7 Å². The molecule has 0 saturated heterocycles. The highest BCUT2D eigenvalue weighted by atomic mass is 32.2. The number of hydrogen-bond donors (Lipinski definition) is 0. The molecule has 4 nitrogen and oxygen atoms in total. The van der Waals surface area contributed by atoms with E-state index in [2.05, 4.69) is 6.58 Å². The van der Waals surface area contributed by atoms with Crippen LogP contribution in [0.4, 0.5) is 0 Å². The van der Waals surface area contributed by atoms with Gasteiger partial charge in [-0.2, -0.15) is 4.31 Å². The summed E-state index contributed by atoms with van der Waals surface area (Å²) < 4.78 is 26.4. The van der Waals surface area contributed by atoms with Gasteiger partial charge in [-0.1, -0.05) is 18.2 Å². The molecule has 0 N–H and O–H groups in total. The summed E-state index contributed by atoms with van der Waals surface area (Å²) in [5.74, 6) is -0.156. The van der Waals surface area contributed by atoms with Gasteiger partial charge >= 0.3 is 0 Å². The quantitative estimate of drug-likeness (QED) is 0.594. The molecule has 1 rings (SSSR count). The van der Waals surface area contributed by atoms with Crippen molar-refractivity contribution in [2.75, 3.05) is 6.54 Å². The molecule has 0 aliphatic rings. The normalized spacial score (nSPS) is 11.8. The molecule has 0 aromatic heterocycles. The maximum atomic E-state index is 12.5. The Morgan fingerprint density at radius 1 is 1.42 bits per heavy atom. The lowest BCUT2D eigenvalue weighted by molar-refractivity contribution is 0.101. The smallest absolute Gasteiger partial charge is 0.243 e. The van der Waals surface area contributed by atoms with Crippen LogP contribution in [0.2, 0.25) is 0 Å². The predicted octanol–water partition coefficient (Wildman–Crippen LogP) is 2.47. The second kappa shape index (κ2) is 6.12. The Labute approximate surface area is 114 Å². The van der Waals surface area contributed by atoms with E-state index < -0.39 is 10.0 Å². The summed E-state index contributed by atoms with van der Waals surface area (Å²) in [5, 5.41) is 0. The maximum Gasteiger partial charge on any atom is 0.243 e. The molecule has 1 aromatic carbocycles. The minimum atomic E-state index is -3.61. The molecule has 0 atom stereocenters. The fourth-order valence-electron chi connectivity index (χ4n) is 1.72. The number of carbonyl (C=O) groups is 1. The van der Waals surface area contributed by atoms with Gasteiger partial charge in [-0.3, -0.25) is 4.79 Å². The van der Waals surface area contributed by atoms with Crippen molar-refractivity contribution in [1.82, 2.24) is 4.31 Å². The Balaban J connectivity index is 3.29. The van der Waals surface area contributed by atoms with Crippen LogP contribution in [0, 0.1) is 0 Å². The summed E-state index contributed by atoms with van der Waals surface area (Å²) >= 11 is 0. The van der Waals surface area contributed by atoms with Crippen molar-refractivity contribution in [3.63, 3.8) is 0 Å². The number of benzene rings is 1. The van der Waals surface area contributed by atoms with Crippen LogP contribution in [-0.4, -0.2) is 31.1 Å². The standard InChI is InChI=1S/C14H19NO3S/c1-5-9-15(11(2)3)19(17,18)14-8-6-7-13(10-14)12(4)16/h5-8,10-11H,1,9H2,2-4H3. The Morgan fingerprint density at radius 2 is 2.05 bits per heavy atom. The Hall–Kier alpha value is -1.46. The van der Waals surface area contributed by atoms with Gasteiger partial charge in [0.1, 0.15) is 0 Å². The van der Waals surface area contributed by atoms with Gasteiger partial charge in [0.25, 0.3) is 0 Å². The maximum absolute atomic E-state index is 12.5. The molecular weight excluding hydrogens is 262 g/mol. The zero-order valence-electron chi connectivity index (χ0n) is 11.5. The van der Waals surface area contributed by atoms with E-state index in [4.69, 9.17) is 0 Å². The van der Waals surface area contributed by atoms with Crippen molar-refractivity contribution >= 4 is 15.8 Å². The van der Waals surface area contributed by atoms with Crippen LogP contribution in [0.3, 0.4) is 0 Å². The van der Waals surface area contributed by atoms with Crippen molar-refractivity contribution in [1.29, 1.82) is 0 Å². The topological polar surface area (TPSA) is 54.5 Å². The summed E-state index contributed by atoms with van der Waals surface area (Å²) in [4.78, 5) is 11.5. The van der Waals surface area contributed by atoms with Gasteiger partial charge in [0.05, 0.1) is 4.90 Å². The number of hydrogen-bond acceptors (Lipinski definition) is 3. The molecule has 0 radical (unpaired) electrons. The van der Waals surface area contributed by atoms with E-state index in [1.807, 2.05) is 0 Å². The second-order valence-corrected chi connectivity index (χ2v) is 6.43. The molecule has 0 heterocycles. The van der Waals surface area contributed by atoms with Gasteiger partial charge < -0.3 is 0 Å². The summed E-state index contributed by atoms with van der Waals surface area (Å²) in [6, 6.07) is 5.92. The molecule has 104 valence electrons. The average molecular weight is 281 g/mol. The molecule has 0 aliphatic carbocycles. The van der Waals surface area contributed by atoms with Crippen molar-refractivity contribution < 1.29 is 13.2 Å². The van der Waals surface area contributed by atoms with Crippen LogP contribution < -0.4 is 0 Å². The van der Waals surface area contributed by atoms with Gasteiger partial charge in [-0.05, 0) is 32.9 Å². The summed E-state index contributed by atoms with van der Waals surface area (Å²) in [5.41, 5.74) is 0.392. The molecule has 19 heavy (non-hydrogen) atoms. The van der Waals surface area contributed by atoms with Crippen LogP contribution in [0.5, 0.6) is 0 Å². The minimum Gasteiger partial charge on any atom is -0.295 e. The molecule has 0 bridgehead atoms. The Bertz CT molecular complexity index is 576. The van der Waals surface area contributed by atoms with E-state index in [0.717, 1.165) is 0 Å². The molecule has 0 aliphatic heterocycles. The lowest BCUT2D eigenvalue weighted by Crippen LogP contribution is -2.37. The predicted molar refractivity (Wildman–Crippen MR) is 75.7 cm³/mol. The molecule has 0 saturated carbocycles. The van der Waals surface area contributed by atoms with E-state index in [1.54, 1.807) is 32.1 Å². The first-order chi connectivity index (χ1) is 8.80. The largest absolute Gasteiger partial charge is 0.295 e. The van der Waals surface area contributed by atoms with Gasteiger partial charge in [0.15, 0.2) is 5.78 Å². The summed E-state index contributed by atoms with van der Waals surface area (Å²) in [6.07, 6.45) is 1.55. The van der Waals surface area contributed by atoms with Crippen molar-refractivity contribution in [3.8, 4) is 0 Å². The highest BCUT2D eigenvalue weighted by Crippen LogP contribution is 2.19. The van der Waals surface area contributed by atoms with Crippen LogP contribution in [0.15, 0.2) is 41.8 Å². The van der Waals surface area contributed by atoms with Gasteiger partial charge in [-0.15, -0.1) is 6.58 Å². The number of nitrogens with zero attached hydrogens (tertiary/aromatic N) is 1. The van der Waals surface area contributed by atoms with E-state index >= 15 is 0 Å². The lowest BCUT2D eigenvalue weighted by Gasteiger charge is -2.24. The van der Waals surface area contributed by atoms with E-state index in [-0.39, 0.29) is 23.3 Å². The van der Waals surface area contributed by atoms with Gasteiger partial charge in [-0.25, -0.2) is 8.42 Å². The molecule has 0 spiro atoms. The molecule has 0 amide bonds. The van der Waals surface area contributed by atoms with Crippen molar-refractivity contribution in [3.05, 3.63) is 42.5 Å². The monoisotopic (exact) mass is 281 g/mol. The molecular formula is C14H19NO3S. The first kappa shape index (κ1) is 15.6. The third-order valence-corrected chi connectivity index (χ3v) is 4.77. The van der Waals surface area contributed by atoms with E-state index in [9.17, 15) is 13.2 Å². The van der Waals surface area contributed by atoms with E-state index in [0.29, 0.717) is 5.56 Å². The minimum absolute atomic E-state index is 0.135. The summed E-state index contributed by atoms with van der Waals surface area (Å²) in [7, 11) is -3.61. The SMILES string of the molecule is C=CCN(C(C)C)S(=O)(=O)c1cccc(C(C)=O)c1. The Kier molecular flexibility index (Phi) is 5.03. The lowest BCUT2D eigenvalue weighted by atomic mass is 10.2. The Morgan fingerprint density at radius 3 is 2.53 bits per heavy atom. The third kappa shape index (κ3) is 3.52. The zero-order valence-corrected chi connectivity index (χ0v) is 12.3. The highest BCUT2D eigenvalue weighted by Gasteiger charge is 2.26. The van der Waals surface area contributed by atoms with Gasteiger partial charge in [0.2, 0.25) is 10.0 Å². The van der Waals surface area contributed by atoms with Crippen molar-refractivity contribution in [2.24, 2.45) is 0 Å². The highest BCUT2D eigenvalue weighted by molar-refractivity contribution is 7.89. The van der Waals surface area contributed by atoms with Crippen LogP contribution in [-0.2, 0) is 10.0 Å². The third-order valence-electron chi connectivity index (χ3n) is 2.73. The second-order valence-electron chi connectivity index (χ2n) is 4.54. The fraction of sp³-hybridized carbons (Fsp3) is 0.357. The molecule has 1 aromatic rings. The van der Waals surface area contributed by atoms with Crippen LogP contribution in [0.1, 0.15) is 31.1 Å². The first-order valence-electron chi connectivity index (χ1n) is 6.04. The molecule has 0 unspecified atom stereocenters. The number of ketones is 1. The number of rotatable bonds is 6. The summed E-state index contributed by atoms with van der Waals surface area (Å²) in [6.45, 7) is 8.83. The zero-order chi connectivity index (χ0) is 14.6. The first-order valence-corrected chi connectivity index (χ1v) is 7.48. The molecule has 0 fully saturated rings. The fourth-order valence-corrected chi connectivity index (χ4v) is 3.38. The van der Waals surface area contributed by atoms with Crippen LogP contribution in [0.25, 0.3) is 0 Å². The van der Waals surface area contributed by atoms with E-state index in [1.165, 1.54) is 23.4 Å². The average Bonchev–Trinajstić information content (AvgIpc) is 2.35. The van der Waals surface area contributed by atoms with Gasteiger partial charge in [0, 0.05) is 18.2 Å². The number of Topliss-reactive ketones (excluding diaryl/α,β-unsaturated/α-hetero) is 1.